The topological polar surface area (TPSA) is 287 Å². The predicted molar refractivity (Wildman–Crippen MR) is 209 cm³/mol. The average Bonchev–Trinajstić information content (AvgIpc) is 3.16. The molecule has 4 heterocycles. The zero-order valence-corrected chi connectivity index (χ0v) is 32.6. The number of nitrogens with one attached hydrogen (secondary N) is 5. The fraction of sp³-hybridized carbons (Fsp3) is 0.229. The Labute approximate surface area is 327 Å². The molecule has 6 aromatic rings. The minimum atomic E-state index is -4.26. The van der Waals surface area contributed by atoms with Gasteiger partial charge in [-0.1, -0.05) is 48.5 Å². The number of benzene rings is 2. The molecule has 0 aliphatic rings. The van der Waals surface area contributed by atoms with Crippen LogP contribution in [0.4, 0.5) is 4.79 Å². The Kier molecular flexibility index (Phi) is 13.1. The molecule has 300 valence electrons. The zero-order valence-electron chi connectivity index (χ0n) is 31.0. The second-order valence-electron chi connectivity index (χ2n) is 13.0. The van der Waals surface area contributed by atoms with Gasteiger partial charge in [0, 0.05) is 46.3 Å². The van der Waals surface area contributed by atoms with Gasteiger partial charge in [0.2, 0.25) is 11.8 Å². The van der Waals surface area contributed by atoms with Crippen LogP contribution in [0, 0.1) is 0 Å². The summed E-state index contributed by atoms with van der Waals surface area (Å²) in [4.78, 5) is 46.2. The van der Waals surface area contributed by atoms with Crippen molar-refractivity contribution in [3.63, 3.8) is 0 Å². The van der Waals surface area contributed by atoms with Gasteiger partial charge in [0.25, 0.3) is 11.1 Å². The summed E-state index contributed by atoms with van der Waals surface area (Å²) in [7, 11) is -1.39. The van der Waals surface area contributed by atoms with Crippen LogP contribution in [0.1, 0.15) is 31.9 Å². The molecular weight excluding hydrogens is 785 g/mol. The molecule has 0 fully saturated rings. The van der Waals surface area contributed by atoms with Crippen LogP contribution in [0.5, 0.6) is 11.8 Å². The van der Waals surface area contributed by atoms with Gasteiger partial charge >= 0.3 is 16.3 Å². The van der Waals surface area contributed by atoms with Crippen molar-refractivity contribution in [1.29, 1.82) is 0 Å². The van der Waals surface area contributed by atoms with Crippen molar-refractivity contribution in [1.82, 2.24) is 49.6 Å². The molecule has 22 heteroatoms. The fourth-order valence-electron chi connectivity index (χ4n) is 5.54. The number of hydrazine groups is 1. The molecule has 2 aromatic carbocycles. The van der Waals surface area contributed by atoms with Gasteiger partial charge in [-0.15, -0.1) is 0 Å². The number of methoxy groups -OCH3 is 2. The molecule has 0 aliphatic carbocycles. The van der Waals surface area contributed by atoms with Gasteiger partial charge in [-0.2, -0.15) is 32.5 Å². The molecule has 6 rings (SSSR count). The normalized spacial score (nSPS) is 12.1. The van der Waals surface area contributed by atoms with Crippen LogP contribution in [-0.2, 0) is 34.6 Å². The van der Waals surface area contributed by atoms with Gasteiger partial charge in [-0.25, -0.2) is 30.4 Å². The number of aromatic nitrogens is 6. The van der Waals surface area contributed by atoms with Crippen molar-refractivity contribution in [2.45, 2.75) is 39.4 Å². The van der Waals surface area contributed by atoms with E-state index in [4.69, 9.17) is 9.47 Å². The van der Waals surface area contributed by atoms with Crippen molar-refractivity contribution >= 4 is 49.1 Å². The Balaban J connectivity index is 0.000000224. The summed E-state index contributed by atoms with van der Waals surface area (Å²) in [5, 5.41) is 23.4. The zero-order chi connectivity index (χ0) is 41.5. The molecule has 1 amide bonds. The number of hydrogen-bond acceptors (Lipinski definition) is 14. The molecule has 0 spiro atoms. The molecule has 6 N–H and O–H groups in total. The Bertz CT molecular complexity index is 2650. The number of fused-ring (bicyclic) bond motifs is 2. The van der Waals surface area contributed by atoms with Crippen molar-refractivity contribution in [3.05, 3.63) is 105 Å². The van der Waals surface area contributed by atoms with Gasteiger partial charge in [0.1, 0.15) is 10.8 Å². The summed E-state index contributed by atoms with van der Waals surface area (Å²) in [6.07, 6.45) is 1.47. The highest BCUT2D eigenvalue weighted by Gasteiger charge is 2.37. The van der Waals surface area contributed by atoms with Gasteiger partial charge < -0.3 is 19.1 Å². The number of amides is 1. The number of carboxylic acid groups (broad SMARTS) is 1. The molecule has 0 saturated heterocycles. The molecule has 4 aromatic heterocycles. The number of aromatic amines is 2. The third-order valence-electron chi connectivity index (χ3n) is 8.04. The van der Waals surface area contributed by atoms with Crippen LogP contribution in [0.25, 0.3) is 44.1 Å². The van der Waals surface area contributed by atoms with Gasteiger partial charge in [-0.3, -0.25) is 13.8 Å². The van der Waals surface area contributed by atoms with Crippen LogP contribution in [0.15, 0.2) is 82.6 Å². The van der Waals surface area contributed by atoms with Gasteiger partial charge in [0.05, 0.1) is 43.5 Å². The summed E-state index contributed by atoms with van der Waals surface area (Å²) >= 11 is -2.36. The van der Waals surface area contributed by atoms with E-state index in [0.717, 1.165) is 11.1 Å². The standard InChI is InChI=1S/C20H23N5O6S.C15H15N5O4S/c1-20(2,3)25(19(27)28)32(29,30)22-10-12-5-7-13(8-6-12)15-9-14-11-21-24-17(26)16(14)18(23-15)31-4;1-24-15-13-11(8-16-19-14(13)21)6-12(18-15)10-4-2-9(3-5-10)7-17-20-25(22)23/h5-9,11,22H,10H2,1-4H3,(H,24,26)(H,27,28);2-6,8,17,20H,7H2,1H3,(H,19,21)(H,22,23)/p-1. The highest BCUT2D eigenvalue weighted by molar-refractivity contribution is 7.87. The summed E-state index contributed by atoms with van der Waals surface area (Å²) in [5.41, 5.74) is 4.85. The number of nitrogens with zero attached hydrogens (tertiary/aromatic N) is 5. The maximum absolute atomic E-state index is 12.5. The van der Waals surface area contributed by atoms with Crippen molar-refractivity contribution < 1.29 is 36.6 Å². The third kappa shape index (κ3) is 10.2. The summed E-state index contributed by atoms with van der Waals surface area (Å²) < 4.78 is 58.9. The lowest BCUT2D eigenvalue weighted by atomic mass is 10.1. The number of hydrogen-bond donors (Lipinski definition) is 6. The summed E-state index contributed by atoms with van der Waals surface area (Å²) in [6, 6.07) is 17.7. The molecule has 0 saturated carbocycles. The molecule has 57 heavy (non-hydrogen) atoms. The molecule has 20 nitrogen and oxygen atoms in total. The monoisotopic (exact) mass is 821 g/mol. The number of rotatable bonds is 12. The highest BCUT2D eigenvalue weighted by atomic mass is 32.2. The maximum atomic E-state index is 12.5. The van der Waals surface area contributed by atoms with E-state index in [1.807, 2.05) is 24.3 Å². The Hall–Kier alpha value is -6.17. The van der Waals surface area contributed by atoms with E-state index >= 15 is 0 Å². The first kappa shape index (κ1) is 42.0. The number of H-pyrrole nitrogens is 2. The average molecular weight is 822 g/mol. The molecule has 0 bridgehead atoms. The summed E-state index contributed by atoms with van der Waals surface area (Å²) in [6.45, 7) is 4.70. The van der Waals surface area contributed by atoms with Crippen molar-refractivity contribution in [2.24, 2.45) is 0 Å². The van der Waals surface area contributed by atoms with Crippen LogP contribution in [-0.4, -0.2) is 82.8 Å². The van der Waals surface area contributed by atoms with Crippen molar-refractivity contribution in [2.75, 3.05) is 14.2 Å². The van der Waals surface area contributed by atoms with Crippen LogP contribution in [0.3, 0.4) is 0 Å². The first-order valence-electron chi connectivity index (χ1n) is 16.7. The lowest BCUT2D eigenvalue weighted by molar-refractivity contribution is 0.145. The lowest BCUT2D eigenvalue weighted by Gasteiger charge is -2.31. The fourth-order valence-corrected chi connectivity index (χ4v) is 7.13. The molecule has 0 radical (unpaired) electrons. The van der Waals surface area contributed by atoms with Crippen LogP contribution < -0.4 is 35.6 Å². The second kappa shape index (κ2) is 17.7. The Morgan fingerprint density at radius 2 is 1.26 bits per heavy atom. The van der Waals surface area contributed by atoms with Gasteiger partial charge in [0.15, 0.2) is 0 Å². The lowest BCUT2D eigenvalue weighted by Crippen LogP contribution is -2.53. The third-order valence-corrected chi connectivity index (χ3v) is 10.0. The smallest absolute Gasteiger partial charge is 0.422 e. The molecule has 1 unspecified atom stereocenters. The first-order chi connectivity index (χ1) is 27.0. The Morgan fingerprint density at radius 1 is 0.825 bits per heavy atom. The molecule has 1 atom stereocenters. The number of pyridine rings is 2. The van der Waals surface area contributed by atoms with Gasteiger partial charge in [-0.05, 0) is 44.0 Å². The van der Waals surface area contributed by atoms with Crippen molar-refractivity contribution in [3.8, 4) is 34.3 Å². The minimum absolute atomic E-state index is 0.101. The number of ether oxygens (including phenoxy) is 2. The summed E-state index contributed by atoms with van der Waals surface area (Å²) in [5.74, 6) is 0.387. The van der Waals surface area contributed by atoms with E-state index in [0.29, 0.717) is 54.9 Å². The first-order valence-corrected chi connectivity index (χ1v) is 19.2. The second-order valence-corrected chi connectivity index (χ2v) is 15.3. The van der Waals surface area contributed by atoms with E-state index < -0.39 is 38.7 Å². The quantitative estimate of drug-likeness (QED) is 0.0764. The van der Waals surface area contributed by atoms with E-state index in [1.54, 1.807) is 36.4 Å². The molecular formula is C35H37N10O10S2-. The highest BCUT2D eigenvalue weighted by Crippen LogP contribution is 2.28. The largest absolute Gasteiger partial charge is 0.759 e. The van der Waals surface area contributed by atoms with E-state index in [-0.39, 0.29) is 23.9 Å². The number of carbonyl (C=O) groups is 1. The Morgan fingerprint density at radius 3 is 1.65 bits per heavy atom. The molecule has 0 aliphatic heterocycles. The van der Waals surface area contributed by atoms with Crippen LogP contribution >= 0.6 is 0 Å². The van der Waals surface area contributed by atoms with E-state index in [9.17, 15) is 36.7 Å². The van der Waals surface area contributed by atoms with E-state index in [2.05, 4.69) is 45.3 Å². The predicted octanol–water partition coefficient (Wildman–Crippen LogP) is 2.49. The van der Waals surface area contributed by atoms with Crippen LogP contribution in [0.2, 0.25) is 0 Å². The maximum Gasteiger partial charge on any atom is 0.422 e. The van der Waals surface area contributed by atoms with E-state index in [1.165, 1.54) is 47.4 Å². The SMILES string of the molecule is COc1nc(-c2ccc(CNNS(=O)[O-])cc2)cc2cn[nH]c(=O)c12.COc1nc(-c2ccc(CNS(=O)(=O)N(C(=O)O)C(C)(C)C)cc2)cc2cn[nH]c(=O)c12. The minimum Gasteiger partial charge on any atom is -0.759 e.